The molecule has 7 heteroatoms. The molecule has 0 radical (unpaired) electrons. The number of nitrogens with one attached hydrogen (secondary N) is 1. The molecule has 0 aliphatic carbocycles. The molecule has 0 amide bonds. The lowest BCUT2D eigenvalue weighted by atomic mass is 9.98. The average Bonchev–Trinajstić information content (AvgIpc) is 3.00. The number of fused-ring (bicyclic) bond motifs is 1. The van der Waals surface area contributed by atoms with Crippen molar-refractivity contribution in [1.29, 1.82) is 0 Å². The van der Waals surface area contributed by atoms with Crippen LogP contribution in [0.2, 0.25) is 5.02 Å². The number of hydrogen-bond donors (Lipinski definition) is 1. The van der Waals surface area contributed by atoms with Crippen LogP contribution >= 0.6 is 27.5 Å². The van der Waals surface area contributed by atoms with Crippen LogP contribution in [0.3, 0.4) is 0 Å². The molecule has 0 atom stereocenters. The molecule has 23 heavy (non-hydrogen) atoms. The van der Waals surface area contributed by atoms with Crippen molar-refractivity contribution >= 4 is 44.5 Å². The summed E-state index contributed by atoms with van der Waals surface area (Å²) in [6.45, 7) is 0. The summed E-state index contributed by atoms with van der Waals surface area (Å²) in [5, 5.41) is 0.483. The van der Waals surface area contributed by atoms with Crippen LogP contribution in [-0.2, 0) is 11.2 Å². The van der Waals surface area contributed by atoms with Gasteiger partial charge in [-0.05, 0) is 23.8 Å². The molecule has 0 aliphatic rings. The minimum absolute atomic E-state index is 0.153. The molecule has 2 aromatic carbocycles. The maximum absolute atomic E-state index is 14.8. The third kappa shape index (κ3) is 2.96. The largest absolute Gasteiger partial charge is 0.465 e. The third-order valence-electron chi connectivity index (χ3n) is 3.54. The first-order chi connectivity index (χ1) is 11.0. The van der Waals surface area contributed by atoms with Gasteiger partial charge >= 0.3 is 5.97 Å². The van der Waals surface area contributed by atoms with Gasteiger partial charge in [0.05, 0.1) is 24.5 Å². The molecule has 0 saturated carbocycles. The highest BCUT2D eigenvalue weighted by Crippen LogP contribution is 2.29. The van der Waals surface area contributed by atoms with Crippen LogP contribution in [0.1, 0.15) is 21.5 Å². The Bertz CT molecular complexity index is 910. The first-order valence-corrected chi connectivity index (χ1v) is 7.85. The number of hydrogen-bond acceptors (Lipinski definition) is 3. The predicted octanol–water partition coefficient (Wildman–Crippen LogP) is 4.50. The molecule has 4 nitrogen and oxygen atoms in total. The van der Waals surface area contributed by atoms with Gasteiger partial charge in [0.25, 0.3) is 0 Å². The molecule has 1 heterocycles. The Morgan fingerprint density at radius 2 is 2.22 bits per heavy atom. The van der Waals surface area contributed by atoms with Crippen molar-refractivity contribution in [3.05, 3.63) is 62.6 Å². The van der Waals surface area contributed by atoms with E-state index in [1.54, 1.807) is 18.2 Å². The Labute approximate surface area is 144 Å². The molecule has 0 saturated heterocycles. The zero-order chi connectivity index (χ0) is 16.6. The lowest BCUT2D eigenvalue weighted by Gasteiger charge is -2.11. The van der Waals surface area contributed by atoms with Crippen molar-refractivity contribution in [3.8, 4) is 0 Å². The highest BCUT2D eigenvalue weighted by atomic mass is 79.9. The summed E-state index contributed by atoms with van der Waals surface area (Å²) >= 11 is 9.53. The number of nitrogens with zero attached hydrogens (tertiary/aromatic N) is 1. The Kier molecular flexibility index (Phi) is 4.37. The van der Waals surface area contributed by atoms with Crippen LogP contribution < -0.4 is 0 Å². The van der Waals surface area contributed by atoms with E-state index in [0.717, 1.165) is 4.47 Å². The topological polar surface area (TPSA) is 55.0 Å². The van der Waals surface area contributed by atoms with Crippen LogP contribution in [0.15, 0.2) is 35.1 Å². The van der Waals surface area contributed by atoms with Gasteiger partial charge in [0.2, 0.25) is 0 Å². The quantitative estimate of drug-likeness (QED) is 0.662. The SMILES string of the molecule is COC(=O)c1cc2[nH]cnc2c(F)c1Cc1ccc(Br)cc1Cl. The van der Waals surface area contributed by atoms with E-state index in [1.807, 2.05) is 6.07 Å². The van der Waals surface area contributed by atoms with E-state index in [2.05, 4.69) is 25.9 Å². The van der Waals surface area contributed by atoms with E-state index in [-0.39, 0.29) is 23.1 Å². The van der Waals surface area contributed by atoms with E-state index >= 15 is 0 Å². The van der Waals surface area contributed by atoms with E-state index in [4.69, 9.17) is 16.3 Å². The van der Waals surface area contributed by atoms with Crippen molar-refractivity contribution in [2.75, 3.05) is 7.11 Å². The molecule has 1 aromatic heterocycles. The predicted molar refractivity (Wildman–Crippen MR) is 89.3 cm³/mol. The van der Waals surface area contributed by atoms with E-state index in [1.165, 1.54) is 13.4 Å². The van der Waals surface area contributed by atoms with Crippen LogP contribution in [0.25, 0.3) is 11.0 Å². The molecule has 0 aliphatic heterocycles. The summed E-state index contributed by atoms with van der Waals surface area (Å²) in [6, 6.07) is 6.85. The number of aromatic nitrogens is 2. The summed E-state index contributed by atoms with van der Waals surface area (Å²) in [6.07, 6.45) is 1.54. The van der Waals surface area contributed by atoms with E-state index < -0.39 is 11.8 Å². The second-order valence-electron chi connectivity index (χ2n) is 4.92. The number of rotatable bonds is 3. The number of ether oxygens (including phenoxy) is 1. The van der Waals surface area contributed by atoms with Gasteiger partial charge in [0, 0.05) is 21.5 Å². The number of carbonyl (C=O) groups excluding carboxylic acids is 1. The number of carbonyl (C=O) groups is 1. The number of halogens is 3. The van der Waals surface area contributed by atoms with Gasteiger partial charge in [-0.1, -0.05) is 33.6 Å². The summed E-state index contributed by atoms with van der Waals surface area (Å²) in [4.78, 5) is 18.8. The first kappa shape index (κ1) is 16.0. The number of esters is 1. The Morgan fingerprint density at radius 3 is 2.91 bits per heavy atom. The molecule has 3 rings (SSSR count). The highest BCUT2D eigenvalue weighted by molar-refractivity contribution is 9.10. The lowest BCUT2D eigenvalue weighted by Crippen LogP contribution is -2.09. The fourth-order valence-corrected chi connectivity index (χ4v) is 3.14. The maximum Gasteiger partial charge on any atom is 0.338 e. The fourth-order valence-electron chi connectivity index (χ4n) is 2.40. The van der Waals surface area contributed by atoms with Crippen molar-refractivity contribution < 1.29 is 13.9 Å². The highest BCUT2D eigenvalue weighted by Gasteiger charge is 2.21. The summed E-state index contributed by atoms with van der Waals surface area (Å²) in [5.41, 5.74) is 1.68. The summed E-state index contributed by atoms with van der Waals surface area (Å²) < 4.78 is 20.4. The number of aromatic amines is 1. The maximum atomic E-state index is 14.8. The van der Waals surface area contributed by atoms with Gasteiger partial charge in [0.15, 0.2) is 5.82 Å². The van der Waals surface area contributed by atoms with Gasteiger partial charge in [-0.15, -0.1) is 0 Å². The average molecular weight is 398 g/mol. The molecular weight excluding hydrogens is 387 g/mol. The second kappa shape index (κ2) is 6.29. The molecule has 0 spiro atoms. The van der Waals surface area contributed by atoms with Gasteiger partial charge < -0.3 is 9.72 Å². The Balaban J connectivity index is 2.17. The van der Waals surface area contributed by atoms with Gasteiger partial charge in [0.1, 0.15) is 5.52 Å². The zero-order valence-corrected chi connectivity index (χ0v) is 14.3. The summed E-state index contributed by atoms with van der Waals surface area (Å²) in [5.74, 6) is -1.16. The van der Waals surface area contributed by atoms with E-state index in [0.29, 0.717) is 16.1 Å². The Hall–Kier alpha value is -1.92. The van der Waals surface area contributed by atoms with Crippen molar-refractivity contribution in [1.82, 2.24) is 9.97 Å². The molecule has 118 valence electrons. The second-order valence-corrected chi connectivity index (χ2v) is 6.24. The van der Waals surface area contributed by atoms with Crippen LogP contribution in [0, 0.1) is 5.82 Å². The molecule has 0 bridgehead atoms. The normalized spacial score (nSPS) is 11.0. The smallest absolute Gasteiger partial charge is 0.338 e. The molecular formula is C16H11BrClFN2O2. The zero-order valence-electron chi connectivity index (χ0n) is 12.0. The third-order valence-corrected chi connectivity index (χ3v) is 4.39. The molecule has 1 N–H and O–H groups in total. The van der Waals surface area contributed by atoms with Crippen LogP contribution in [-0.4, -0.2) is 23.0 Å². The molecule has 0 fully saturated rings. The van der Waals surface area contributed by atoms with Crippen molar-refractivity contribution in [2.24, 2.45) is 0 Å². The van der Waals surface area contributed by atoms with Crippen LogP contribution in [0.5, 0.6) is 0 Å². The monoisotopic (exact) mass is 396 g/mol. The standard InChI is InChI=1S/C16H11BrClFN2O2/c1-23-16(22)11-6-13-15(21-7-20-13)14(19)10(11)4-8-2-3-9(17)5-12(8)18/h2-3,5-7H,4H2,1H3,(H,20,21). The molecule has 0 unspecified atom stereocenters. The van der Waals surface area contributed by atoms with Gasteiger partial charge in [-0.2, -0.15) is 0 Å². The molecule has 3 aromatic rings. The number of methoxy groups -OCH3 is 1. The number of benzene rings is 2. The lowest BCUT2D eigenvalue weighted by molar-refractivity contribution is 0.0599. The minimum atomic E-state index is -0.608. The minimum Gasteiger partial charge on any atom is -0.465 e. The van der Waals surface area contributed by atoms with Crippen molar-refractivity contribution in [3.63, 3.8) is 0 Å². The fraction of sp³-hybridized carbons (Fsp3) is 0.125. The number of H-pyrrole nitrogens is 1. The van der Waals surface area contributed by atoms with Gasteiger partial charge in [-0.3, -0.25) is 0 Å². The first-order valence-electron chi connectivity index (χ1n) is 6.68. The number of imidazole rings is 1. The van der Waals surface area contributed by atoms with Gasteiger partial charge in [-0.25, -0.2) is 14.2 Å². The van der Waals surface area contributed by atoms with E-state index in [9.17, 15) is 9.18 Å². The van der Waals surface area contributed by atoms with Crippen LogP contribution in [0.4, 0.5) is 4.39 Å². The van der Waals surface area contributed by atoms with Crippen molar-refractivity contribution in [2.45, 2.75) is 6.42 Å². The Morgan fingerprint density at radius 1 is 1.43 bits per heavy atom. The summed E-state index contributed by atoms with van der Waals surface area (Å²) in [7, 11) is 1.26.